The summed E-state index contributed by atoms with van der Waals surface area (Å²) in [5, 5.41) is 23.3. The lowest BCUT2D eigenvalue weighted by Crippen LogP contribution is -2.45. The maximum Gasteiger partial charge on any atom is 0.220 e. The Morgan fingerprint density at radius 2 is 0.500 bits per heavy atom. The maximum absolute atomic E-state index is 12.5. The predicted octanol–water partition coefficient (Wildman–Crippen LogP) is 23.6. The molecule has 0 bridgehead atoms. The van der Waals surface area contributed by atoms with E-state index in [0.29, 0.717) is 6.42 Å². The van der Waals surface area contributed by atoms with E-state index in [4.69, 9.17) is 0 Å². The quantitative estimate of drug-likeness (QED) is 0.0420. The second-order valence-electron chi connectivity index (χ2n) is 24.3. The van der Waals surface area contributed by atoms with Crippen molar-refractivity contribution in [2.45, 2.75) is 424 Å². The average molecular weight is 1040 g/mol. The fourth-order valence-electron chi connectivity index (χ4n) is 11.5. The van der Waals surface area contributed by atoms with Gasteiger partial charge in [-0.1, -0.05) is 398 Å². The summed E-state index contributed by atoms with van der Waals surface area (Å²) < 4.78 is 0. The fraction of sp³-hybridized carbons (Fsp3) is 0.957. The van der Waals surface area contributed by atoms with Crippen LogP contribution in [0.3, 0.4) is 0 Å². The molecule has 0 fully saturated rings. The molecule has 0 rings (SSSR count). The van der Waals surface area contributed by atoms with Gasteiger partial charge in [-0.05, 0) is 19.3 Å². The third-order valence-corrected chi connectivity index (χ3v) is 16.8. The minimum atomic E-state index is -0.837. The van der Waals surface area contributed by atoms with Gasteiger partial charge in [0.2, 0.25) is 5.91 Å². The van der Waals surface area contributed by atoms with Gasteiger partial charge >= 0.3 is 0 Å². The summed E-state index contributed by atoms with van der Waals surface area (Å²) in [4.78, 5) is 12.5. The van der Waals surface area contributed by atoms with Crippen molar-refractivity contribution in [2.24, 2.45) is 0 Å². The zero-order valence-corrected chi connectivity index (χ0v) is 51.2. The van der Waals surface area contributed by atoms with Crippen LogP contribution in [-0.4, -0.2) is 34.9 Å². The topological polar surface area (TPSA) is 69.6 Å². The number of allylic oxidation sites excluding steroid dienone is 1. The second kappa shape index (κ2) is 66.4. The summed E-state index contributed by atoms with van der Waals surface area (Å²) in [5.74, 6) is -0.0530. The number of hydrogen-bond donors (Lipinski definition) is 3. The van der Waals surface area contributed by atoms with Gasteiger partial charge in [0.15, 0.2) is 0 Å². The largest absolute Gasteiger partial charge is 0.394 e. The predicted molar refractivity (Wildman–Crippen MR) is 332 cm³/mol. The van der Waals surface area contributed by atoms with E-state index in [1.165, 1.54) is 366 Å². The van der Waals surface area contributed by atoms with Gasteiger partial charge in [-0.3, -0.25) is 4.79 Å². The Morgan fingerprint density at radius 3 is 0.703 bits per heavy atom. The van der Waals surface area contributed by atoms with E-state index < -0.39 is 12.1 Å². The fourth-order valence-corrected chi connectivity index (χ4v) is 11.5. The van der Waals surface area contributed by atoms with Crippen LogP contribution in [-0.2, 0) is 4.79 Å². The zero-order chi connectivity index (χ0) is 53.4. The van der Waals surface area contributed by atoms with Crippen LogP contribution in [0.5, 0.6) is 0 Å². The molecule has 1 amide bonds. The van der Waals surface area contributed by atoms with Crippen LogP contribution in [0.15, 0.2) is 12.2 Å². The van der Waals surface area contributed by atoms with E-state index in [2.05, 4.69) is 19.2 Å². The molecule has 0 radical (unpaired) electrons. The van der Waals surface area contributed by atoms with Crippen molar-refractivity contribution >= 4 is 5.91 Å². The van der Waals surface area contributed by atoms with E-state index in [9.17, 15) is 15.0 Å². The molecule has 0 saturated heterocycles. The first-order valence-electron chi connectivity index (χ1n) is 34.9. The molecule has 74 heavy (non-hydrogen) atoms. The van der Waals surface area contributed by atoms with Gasteiger partial charge in [0.05, 0.1) is 18.8 Å². The smallest absolute Gasteiger partial charge is 0.220 e. The van der Waals surface area contributed by atoms with Crippen molar-refractivity contribution < 1.29 is 15.0 Å². The van der Waals surface area contributed by atoms with Gasteiger partial charge in [0, 0.05) is 6.42 Å². The number of aliphatic hydroxyl groups excluding tert-OH is 2. The molecule has 0 aliphatic rings. The number of unbranched alkanes of at least 4 members (excludes halogenated alkanes) is 59. The lowest BCUT2D eigenvalue weighted by Gasteiger charge is -2.20. The van der Waals surface area contributed by atoms with Crippen LogP contribution in [0.4, 0.5) is 0 Å². The van der Waals surface area contributed by atoms with Crippen LogP contribution in [0.25, 0.3) is 0 Å². The summed E-state index contributed by atoms with van der Waals surface area (Å²) in [6.45, 7) is 4.37. The molecule has 0 aromatic rings. The molecule has 442 valence electrons. The first kappa shape index (κ1) is 73.1. The molecular formula is C70H139NO3. The van der Waals surface area contributed by atoms with Gasteiger partial charge in [-0.2, -0.15) is 0 Å². The summed E-state index contributed by atoms with van der Waals surface area (Å²) in [5.41, 5.74) is 0. The molecule has 0 heterocycles. The third-order valence-electron chi connectivity index (χ3n) is 16.8. The van der Waals surface area contributed by atoms with Crippen molar-refractivity contribution in [1.82, 2.24) is 5.32 Å². The average Bonchev–Trinajstić information content (AvgIpc) is 3.40. The Balaban J connectivity index is 3.39. The minimum absolute atomic E-state index is 0.0530. The Morgan fingerprint density at radius 1 is 0.311 bits per heavy atom. The minimum Gasteiger partial charge on any atom is -0.394 e. The molecule has 2 unspecified atom stereocenters. The summed E-state index contributed by atoms with van der Waals surface area (Å²) >= 11 is 0. The molecule has 0 aliphatic heterocycles. The highest BCUT2D eigenvalue weighted by molar-refractivity contribution is 5.76. The van der Waals surface area contributed by atoms with Gasteiger partial charge in [-0.25, -0.2) is 0 Å². The van der Waals surface area contributed by atoms with Crippen LogP contribution in [0.1, 0.15) is 412 Å². The van der Waals surface area contributed by atoms with E-state index in [1.54, 1.807) is 6.08 Å². The van der Waals surface area contributed by atoms with E-state index in [-0.39, 0.29) is 12.5 Å². The highest BCUT2D eigenvalue weighted by Crippen LogP contribution is 2.20. The Hall–Kier alpha value is -0.870. The second-order valence-corrected chi connectivity index (χ2v) is 24.3. The van der Waals surface area contributed by atoms with E-state index in [0.717, 1.165) is 25.7 Å². The number of carbonyl (C=O) groups is 1. The van der Waals surface area contributed by atoms with Gasteiger partial charge in [-0.15, -0.1) is 0 Å². The monoisotopic (exact) mass is 1040 g/mol. The third kappa shape index (κ3) is 62.0. The number of aliphatic hydroxyl groups is 2. The SMILES string of the molecule is CCCCCCCCCCCCCCCCCCCCCCCCCCCCCCC/C=C/C(O)C(CO)NC(=O)CCCCCCCCCCCCCCCCCCCCCCCCCCCCCCCCC. The first-order chi connectivity index (χ1) is 36.7. The standard InChI is InChI=1S/C70H139NO3/c1-3-5-7-9-11-13-15-17-19-21-23-25-27-29-31-33-35-37-39-41-43-45-47-49-51-53-55-57-59-61-63-65-69(73)68(67-72)71-70(74)66-64-62-60-58-56-54-52-50-48-46-44-42-40-38-36-34-32-30-28-26-24-22-20-18-16-14-12-10-8-6-4-2/h63,65,68-69,72-73H,3-62,64,66-67H2,1-2H3,(H,71,74)/b65-63+. The molecule has 0 aromatic carbocycles. The van der Waals surface area contributed by atoms with Crippen LogP contribution in [0.2, 0.25) is 0 Å². The number of nitrogens with one attached hydrogen (secondary N) is 1. The van der Waals surface area contributed by atoms with Crippen molar-refractivity contribution in [3.8, 4) is 0 Å². The normalized spacial score (nSPS) is 12.6. The molecule has 0 saturated carbocycles. The van der Waals surface area contributed by atoms with E-state index in [1.807, 2.05) is 6.08 Å². The molecule has 0 aliphatic carbocycles. The lowest BCUT2D eigenvalue weighted by atomic mass is 10.0. The number of amides is 1. The molecular weight excluding hydrogens is 903 g/mol. The van der Waals surface area contributed by atoms with Crippen molar-refractivity contribution in [1.29, 1.82) is 0 Å². The number of hydrogen-bond acceptors (Lipinski definition) is 3. The summed E-state index contributed by atoms with van der Waals surface area (Å²) in [7, 11) is 0. The number of carbonyl (C=O) groups excluding carboxylic acids is 1. The molecule has 0 spiro atoms. The van der Waals surface area contributed by atoms with Crippen molar-refractivity contribution in [2.75, 3.05) is 6.61 Å². The molecule has 3 N–H and O–H groups in total. The highest BCUT2D eigenvalue weighted by atomic mass is 16.3. The molecule has 4 nitrogen and oxygen atoms in total. The van der Waals surface area contributed by atoms with E-state index >= 15 is 0 Å². The van der Waals surface area contributed by atoms with Crippen molar-refractivity contribution in [3.63, 3.8) is 0 Å². The number of rotatable bonds is 66. The highest BCUT2D eigenvalue weighted by Gasteiger charge is 2.18. The Bertz CT molecular complexity index is 1040. The van der Waals surface area contributed by atoms with Crippen LogP contribution < -0.4 is 5.32 Å². The molecule has 0 aromatic heterocycles. The lowest BCUT2D eigenvalue weighted by molar-refractivity contribution is -0.123. The van der Waals surface area contributed by atoms with Gasteiger partial charge in [0.1, 0.15) is 0 Å². The summed E-state index contributed by atoms with van der Waals surface area (Å²) in [6, 6.07) is -0.620. The summed E-state index contributed by atoms with van der Waals surface area (Å²) in [6.07, 6.45) is 88.8. The van der Waals surface area contributed by atoms with Gasteiger partial charge < -0.3 is 15.5 Å². The van der Waals surface area contributed by atoms with Crippen LogP contribution >= 0.6 is 0 Å². The van der Waals surface area contributed by atoms with Gasteiger partial charge in [0.25, 0.3) is 0 Å². The molecule has 2 atom stereocenters. The molecule has 4 heteroatoms. The maximum atomic E-state index is 12.5. The Kier molecular flexibility index (Phi) is 65.6. The first-order valence-corrected chi connectivity index (χ1v) is 34.9. The van der Waals surface area contributed by atoms with Crippen molar-refractivity contribution in [3.05, 3.63) is 12.2 Å². The van der Waals surface area contributed by atoms with Crippen LogP contribution in [0, 0.1) is 0 Å². The Labute approximate surface area is 467 Å². The zero-order valence-electron chi connectivity index (χ0n) is 51.2.